The van der Waals surface area contributed by atoms with E-state index in [9.17, 15) is 18.4 Å². The first kappa shape index (κ1) is 19.2. The summed E-state index contributed by atoms with van der Waals surface area (Å²) in [4.78, 5) is 25.7. The molecule has 0 saturated carbocycles. The van der Waals surface area contributed by atoms with Crippen LogP contribution in [-0.4, -0.2) is 17.7 Å². The van der Waals surface area contributed by atoms with Gasteiger partial charge in [0.1, 0.15) is 0 Å². The first-order chi connectivity index (χ1) is 11.8. The first-order valence-corrected chi connectivity index (χ1v) is 8.99. The molecule has 0 radical (unpaired) electrons. The lowest BCUT2D eigenvalue weighted by Gasteiger charge is -2.13. The molecule has 0 aliphatic heterocycles. The molecule has 1 amide bonds. The normalized spacial score (nSPS) is 12.0. The number of thiophene rings is 1. The zero-order chi connectivity index (χ0) is 18.4. The fourth-order valence-corrected chi connectivity index (χ4v) is 3.27. The van der Waals surface area contributed by atoms with Gasteiger partial charge in [0.2, 0.25) is 5.91 Å². The number of halogens is 2. The average Bonchev–Trinajstić information content (AvgIpc) is 3.00. The number of hydrogen-bond donors (Lipinski definition) is 1. The third-order valence-electron chi connectivity index (χ3n) is 3.85. The van der Waals surface area contributed by atoms with Crippen LogP contribution < -0.4 is 5.32 Å². The molecule has 1 atom stereocenters. The molecule has 0 aliphatic carbocycles. The van der Waals surface area contributed by atoms with Crippen molar-refractivity contribution in [3.63, 3.8) is 0 Å². The average molecular weight is 365 g/mol. The minimum atomic E-state index is -0.865. The Morgan fingerprint density at radius 1 is 1.12 bits per heavy atom. The smallest absolute Gasteiger partial charge is 0.220 e. The van der Waals surface area contributed by atoms with Gasteiger partial charge in [-0.2, -0.15) is 0 Å². The van der Waals surface area contributed by atoms with Crippen molar-refractivity contribution >= 4 is 23.0 Å². The molecule has 1 heterocycles. The summed E-state index contributed by atoms with van der Waals surface area (Å²) < 4.78 is 26.0. The Bertz CT molecular complexity index is 758. The third-order valence-corrected chi connectivity index (χ3v) is 4.89. The molecule has 134 valence electrons. The molecule has 1 unspecified atom stereocenters. The number of aryl methyl sites for hydroxylation is 2. The Morgan fingerprint density at radius 3 is 2.52 bits per heavy atom. The molecule has 2 aromatic rings. The minimum absolute atomic E-state index is 0.0253. The summed E-state index contributed by atoms with van der Waals surface area (Å²) in [6.45, 7) is 3.78. The SMILES string of the molecule is Cc1ccc(C(=O)CCC(=O)NC(C)CCc2ccc(F)c(F)c2)s1. The highest BCUT2D eigenvalue weighted by Crippen LogP contribution is 2.17. The van der Waals surface area contributed by atoms with Gasteiger partial charge < -0.3 is 5.32 Å². The summed E-state index contributed by atoms with van der Waals surface area (Å²) in [7, 11) is 0. The number of carbonyl (C=O) groups is 2. The molecule has 2 rings (SSSR count). The predicted molar refractivity (Wildman–Crippen MR) is 94.9 cm³/mol. The maximum Gasteiger partial charge on any atom is 0.220 e. The summed E-state index contributed by atoms with van der Waals surface area (Å²) in [5.41, 5.74) is 0.684. The van der Waals surface area contributed by atoms with Crippen molar-refractivity contribution in [3.8, 4) is 0 Å². The first-order valence-electron chi connectivity index (χ1n) is 8.18. The number of rotatable bonds is 8. The van der Waals surface area contributed by atoms with Gasteiger partial charge in [0.25, 0.3) is 0 Å². The summed E-state index contributed by atoms with van der Waals surface area (Å²) in [5.74, 6) is -1.94. The molecule has 0 aliphatic rings. The van der Waals surface area contributed by atoms with Crippen LogP contribution in [0.4, 0.5) is 8.78 Å². The van der Waals surface area contributed by atoms with Gasteiger partial charge in [-0.25, -0.2) is 8.78 Å². The maximum absolute atomic E-state index is 13.2. The van der Waals surface area contributed by atoms with Gasteiger partial charge in [0, 0.05) is 23.8 Å². The van der Waals surface area contributed by atoms with E-state index in [0.717, 1.165) is 10.9 Å². The molecule has 0 fully saturated rings. The zero-order valence-electron chi connectivity index (χ0n) is 14.3. The molecule has 25 heavy (non-hydrogen) atoms. The standard InChI is InChI=1S/C19H21F2NO2S/c1-12(3-5-14-6-7-15(20)16(21)11-14)22-19(24)10-8-17(23)18-9-4-13(2)25-18/h4,6-7,9,11-12H,3,5,8,10H2,1-2H3,(H,22,24). The molecule has 0 saturated heterocycles. The molecular weight excluding hydrogens is 344 g/mol. The summed E-state index contributed by atoms with van der Waals surface area (Å²) in [6, 6.07) is 7.37. The highest BCUT2D eigenvalue weighted by Gasteiger charge is 2.13. The van der Waals surface area contributed by atoms with Crippen LogP contribution in [-0.2, 0) is 11.2 Å². The highest BCUT2D eigenvalue weighted by molar-refractivity contribution is 7.14. The van der Waals surface area contributed by atoms with Crippen molar-refractivity contribution in [2.75, 3.05) is 0 Å². The van der Waals surface area contributed by atoms with Crippen LogP contribution in [0.1, 0.15) is 46.3 Å². The van der Waals surface area contributed by atoms with Crippen LogP contribution in [0.5, 0.6) is 0 Å². The van der Waals surface area contributed by atoms with E-state index >= 15 is 0 Å². The fraction of sp³-hybridized carbons (Fsp3) is 0.368. The molecular formula is C19H21F2NO2S. The fourth-order valence-electron chi connectivity index (χ4n) is 2.43. The summed E-state index contributed by atoms with van der Waals surface area (Å²) in [5, 5.41) is 2.83. The number of amides is 1. The van der Waals surface area contributed by atoms with Crippen LogP contribution in [0, 0.1) is 18.6 Å². The monoisotopic (exact) mass is 365 g/mol. The molecule has 0 spiro atoms. The number of nitrogens with one attached hydrogen (secondary N) is 1. The molecule has 3 nitrogen and oxygen atoms in total. The summed E-state index contributed by atoms with van der Waals surface area (Å²) >= 11 is 1.43. The number of ketones is 1. The van der Waals surface area contributed by atoms with E-state index in [1.165, 1.54) is 23.5 Å². The van der Waals surface area contributed by atoms with E-state index in [-0.39, 0.29) is 30.6 Å². The molecule has 1 aromatic carbocycles. The van der Waals surface area contributed by atoms with Crippen molar-refractivity contribution in [2.24, 2.45) is 0 Å². The van der Waals surface area contributed by atoms with Crippen molar-refractivity contribution < 1.29 is 18.4 Å². The molecule has 1 N–H and O–H groups in total. The number of hydrogen-bond acceptors (Lipinski definition) is 3. The zero-order valence-corrected chi connectivity index (χ0v) is 15.1. The number of carbonyl (C=O) groups excluding carboxylic acids is 2. The van der Waals surface area contributed by atoms with Gasteiger partial charge >= 0.3 is 0 Å². The van der Waals surface area contributed by atoms with Gasteiger partial charge in [0.15, 0.2) is 17.4 Å². The quantitative estimate of drug-likeness (QED) is 0.703. The second-order valence-corrected chi connectivity index (χ2v) is 7.38. The number of benzene rings is 1. The summed E-state index contributed by atoms with van der Waals surface area (Å²) in [6.07, 6.45) is 1.47. The largest absolute Gasteiger partial charge is 0.354 e. The number of Topliss-reactive ketones (excluding diaryl/α,β-unsaturated/α-hetero) is 1. The van der Waals surface area contributed by atoms with Gasteiger partial charge in [-0.05, 0) is 56.5 Å². The lowest BCUT2D eigenvalue weighted by molar-refractivity contribution is -0.121. The van der Waals surface area contributed by atoms with Crippen molar-refractivity contribution in [2.45, 2.75) is 45.6 Å². The van der Waals surface area contributed by atoms with Gasteiger partial charge in [-0.15, -0.1) is 11.3 Å². The van der Waals surface area contributed by atoms with E-state index in [2.05, 4.69) is 5.32 Å². The Balaban J connectivity index is 1.72. The predicted octanol–water partition coefficient (Wildman–Crippen LogP) is 4.44. The van der Waals surface area contributed by atoms with E-state index < -0.39 is 11.6 Å². The van der Waals surface area contributed by atoms with Crippen molar-refractivity contribution in [3.05, 3.63) is 57.3 Å². The topological polar surface area (TPSA) is 46.2 Å². The van der Waals surface area contributed by atoms with E-state index in [0.29, 0.717) is 23.3 Å². The van der Waals surface area contributed by atoms with Crippen LogP contribution in [0.25, 0.3) is 0 Å². The Labute approximate surface area is 150 Å². The Morgan fingerprint density at radius 2 is 1.88 bits per heavy atom. The van der Waals surface area contributed by atoms with Gasteiger partial charge in [-0.1, -0.05) is 6.07 Å². The lowest BCUT2D eigenvalue weighted by atomic mass is 10.1. The Kier molecular flexibility index (Phi) is 6.82. The molecule has 1 aromatic heterocycles. The third kappa shape index (κ3) is 6.05. The molecule has 0 bridgehead atoms. The lowest BCUT2D eigenvalue weighted by Crippen LogP contribution is -2.33. The van der Waals surface area contributed by atoms with E-state index in [4.69, 9.17) is 0 Å². The van der Waals surface area contributed by atoms with E-state index in [1.807, 2.05) is 19.9 Å². The highest BCUT2D eigenvalue weighted by atomic mass is 32.1. The van der Waals surface area contributed by atoms with Crippen LogP contribution in [0.3, 0.4) is 0 Å². The second-order valence-electron chi connectivity index (χ2n) is 6.09. The van der Waals surface area contributed by atoms with Gasteiger partial charge in [0.05, 0.1) is 4.88 Å². The van der Waals surface area contributed by atoms with E-state index in [1.54, 1.807) is 6.07 Å². The minimum Gasteiger partial charge on any atom is -0.354 e. The van der Waals surface area contributed by atoms with Crippen LogP contribution in [0.2, 0.25) is 0 Å². The Hall–Kier alpha value is -2.08. The second kappa shape index (κ2) is 8.85. The van der Waals surface area contributed by atoms with Crippen LogP contribution in [0.15, 0.2) is 30.3 Å². The maximum atomic E-state index is 13.2. The molecule has 6 heteroatoms. The van der Waals surface area contributed by atoms with Crippen molar-refractivity contribution in [1.82, 2.24) is 5.32 Å². The van der Waals surface area contributed by atoms with Gasteiger partial charge in [-0.3, -0.25) is 9.59 Å². The van der Waals surface area contributed by atoms with Crippen molar-refractivity contribution in [1.29, 1.82) is 0 Å². The van der Waals surface area contributed by atoms with Crippen LogP contribution >= 0.6 is 11.3 Å².